The van der Waals surface area contributed by atoms with Crippen LogP contribution in [0.5, 0.6) is 0 Å². The Bertz CT molecular complexity index is 839. The van der Waals surface area contributed by atoms with Gasteiger partial charge in [-0.15, -0.1) is 0 Å². The molecule has 0 aromatic heterocycles. The zero-order valence-electron chi connectivity index (χ0n) is 14.1. The van der Waals surface area contributed by atoms with Crippen LogP contribution in [0.25, 0.3) is 0 Å². The quantitative estimate of drug-likeness (QED) is 0.843. The van der Waals surface area contributed by atoms with Gasteiger partial charge in [0, 0.05) is 6.54 Å². The van der Waals surface area contributed by atoms with Gasteiger partial charge in [-0.3, -0.25) is 4.79 Å². The summed E-state index contributed by atoms with van der Waals surface area (Å²) in [5.41, 5.74) is 4.06. The smallest absolute Gasteiger partial charge is 0.337 e. The molecule has 1 saturated carbocycles. The number of hydrogen-bond acceptors (Lipinski definition) is 4. The highest BCUT2D eigenvalue weighted by Crippen LogP contribution is 2.46. The highest BCUT2D eigenvalue weighted by Gasteiger charge is 2.46. The third kappa shape index (κ3) is 2.76. The maximum atomic E-state index is 12.8. The Morgan fingerprint density at radius 2 is 1.88 bits per heavy atom. The molecule has 0 radical (unpaired) electrons. The SMILES string of the molecule is COC(=O)c1ccc(C2(NC(=O)c3cccc4c3NCC4)CC2)cc1. The number of benzene rings is 2. The molecule has 0 unspecified atom stereocenters. The second kappa shape index (κ2) is 5.92. The fraction of sp³-hybridized carbons (Fsp3) is 0.300. The van der Waals surface area contributed by atoms with E-state index in [1.165, 1.54) is 12.7 Å². The Balaban J connectivity index is 1.55. The Hall–Kier alpha value is -2.82. The molecule has 128 valence electrons. The predicted molar refractivity (Wildman–Crippen MR) is 94.8 cm³/mol. The van der Waals surface area contributed by atoms with Crippen molar-refractivity contribution in [3.63, 3.8) is 0 Å². The topological polar surface area (TPSA) is 67.4 Å². The van der Waals surface area contributed by atoms with Gasteiger partial charge in [0.05, 0.1) is 29.5 Å². The molecule has 4 rings (SSSR count). The molecule has 1 aliphatic heterocycles. The molecule has 0 bridgehead atoms. The van der Waals surface area contributed by atoms with Crippen LogP contribution in [0.2, 0.25) is 0 Å². The van der Waals surface area contributed by atoms with Crippen molar-refractivity contribution in [1.82, 2.24) is 5.32 Å². The Morgan fingerprint density at radius 1 is 1.12 bits per heavy atom. The number of para-hydroxylation sites is 1. The van der Waals surface area contributed by atoms with E-state index < -0.39 is 0 Å². The lowest BCUT2D eigenvalue weighted by atomic mass is 10.0. The summed E-state index contributed by atoms with van der Waals surface area (Å²) in [5, 5.41) is 6.51. The van der Waals surface area contributed by atoms with Crippen molar-refractivity contribution in [3.05, 3.63) is 64.7 Å². The van der Waals surface area contributed by atoms with Crippen LogP contribution in [-0.4, -0.2) is 25.5 Å². The van der Waals surface area contributed by atoms with Gasteiger partial charge in [-0.1, -0.05) is 24.3 Å². The van der Waals surface area contributed by atoms with E-state index in [1.807, 2.05) is 24.3 Å². The number of anilines is 1. The van der Waals surface area contributed by atoms with Gasteiger partial charge < -0.3 is 15.4 Å². The molecule has 2 N–H and O–H groups in total. The first-order valence-electron chi connectivity index (χ1n) is 8.50. The number of esters is 1. The lowest BCUT2D eigenvalue weighted by Gasteiger charge is -2.19. The van der Waals surface area contributed by atoms with E-state index in [0.29, 0.717) is 11.1 Å². The fourth-order valence-electron chi connectivity index (χ4n) is 3.47. The molecular weight excluding hydrogens is 316 g/mol. The summed E-state index contributed by atoms with van der Waals surface area (Å²) in [6.45, 7) is 0.875. The molecular formula is C20H20N2O3. The van der Waals surface area contributed by atoms with Crippen molar-refractivity contribution in [2.45, 2.75) is 24.8 Å². The second-order valence-electron chi connectivity index (χ2n) is 6.62. The number of fused-ring (bicyclic) bond motifs is 1. The van der Waals surface area contributed by atoms with Crippen LogP contribution in [0.1, 0.15) is 44.7 Å². The van der Waals surface area contributed by atoms with Crippen LogP contribution >= 0.6 is 0 Å². The van der Waals surface area contributed by atoms with E-state index in [2.05, 4.69) is 16.7 Å². The van der Waals surface area contributed by atoms with Gasteiger partial charge in [0.25, 0.3) is 5.91 Å². The van der Waals surface area contributed by atoms with Gasteiger partial charge in [-0.2, -0.15) is 0 Å². The summed E-state index contributed by atoms with van der Waals surface area (Å²) in [6.07, 6.45) is 2.76. The molecule has 1 heterocycles. The van der Waals surface area contributed by atoms with Gasteiger partial charge in [-0.05, 0) is 48.6 Å². The van der Waals surface area contributed by atoms with E-state index >= 15 is 0 Å². The summed E-state index contributed by atoms with van der Waals surface area (Å²) in [6, 6.07) is 13.1. The Kier molecular flexibility index (Phi) is 3.71. The number of methoxy groups -OCH3 is 1. The van der Waals surface area contributed by atoms with Crippen LogP contribution in [-0.2, 0) is 16.7 Å². The van der Waals surface area contributed by atoms with Crippen molar-refractivity contribution in [2.75, 3.05) is 19.0 Å². The minimum absolute atomic E-state index is 0.0548. The first-order valence-corrected chi connectivity index (χ1v) is 8.50. The minimum atomic E-state index is -0.355. The van der Waals surface area contributed by atoms with Crippen molar-refractivity contribution in [1.29, 1.82) is 0 Å². The van der Waals surface area contributed by atoms with E-state index in [4.69, 9.17) is 4.74 Å². The van der Waals surface area contributed by atoms with Gasteiger partial charge in [0.2, 0.25) is 0 Å². The molecule has 2 aliphatic rings. The highest BCUT2D eigenvalue weighted by atomic mass is 16.5. The first-order chi connectivity index (χ1) is 12.1. The van der Waals surface area contributed by atoms with Crippen LogP contribution < -0.4 is 10.6 Å². The van der Waals surface area contributed by atoms with Crippen LogP contribution in [0.15, 0.2) is 42.5 Å². The van der Waals surface area contributed by atoms with Gasteiger partial charge in [0.1, 0.15) is 0 Å². The first kappa shape index (κ1) is 15.7. The molecule has 5 nitrogen and oxygen atoms in total. The van der Waals surface area contributed by atoms with Crippen LogP contribution in [0.3, 0.4) is 0 Å². The summed E-state index contributed by atoms with van der Waals surface area (Å²) < 4.78 is 4.73. The zero-order valence-corrected chi connectivity index (χ0v) is 14.1. The largest absolute Gasteiger partial charge is 0.465 e. The molecule has 5 heteroatoms. The number of nitrogens with one attached hydrogen (secondary N) is 2. The number of amides is 1. The van der Waals surface area contributed by atoms with E-state index in [9.17, 15) is 9.59 Å². The van der Waals surface area contributed by atoms with Gasteiger partial charge in [-0.25, -0.2) is 4.79 Å². The maximum Gasteiger partial charge on any atom is 0.337 e. The molecule has 25 heavy (non-hydrogen) atoms. The number of carbonyl (C=O) groups excluding carboxylic acids is 2. The number of hydrogen-bond donors (Lipinski definition) is 2. The van der Waals surface area contributed by atoms with Crippen molar-refractivity contribution in [3.8, 4) is 0 Å². The van der Waals surface area contributed by atoms with E-state index in [0.717, 1.165) is 37.1 Å². The molecule has 2 aromatic rings. The van der Waals surface area contributed by atoms with E-state index in [-0.39, 0.29) is 17.4 Å². The predicted octanol–water partition coefficient (Wildman–Crippen LogP) is 2.86. The molecule has 0 spiro atoms. The lowest BCUT2D eigenvalue weighted by Crippen LogP contribution is -2.35. The lowest BCUT2D eigenvalue weighted by molar-refractivity contribution is 0.0600. The maximum absolute atomic E-state index is 12.8. The van der Waals surface area contributed by atoms with Crippen molar-refractivity contribution < 1.29 is 14.3 Å². The van der Waals surface area contributed by atoms with Crippen molar-refractivity contribution >= 4 is 17.6 Å². The van der Waals surface area contributed by atoms with Crippen molar-refractivity contribution in [2.24, 2.45) is 0 Å². The standard InChI is InChI=1S/C20H20N2O3/c1-25-19(24)14-5-7-15(8-6-14)20(10-11-20)22-18(23)16-4-2-3-13-9-12-21-17(13)16/h2-8,21H,9-12H2,1H3,(H,22,23). The summed E-state index contributed by atoms with van der Waals surface area (Å²) in [5.74, 6) is -0.410. The number of ether oxygens (including phenoxy) is 1. The summed E-state index contributed by atoms with van der Waals surface area (Å²) in [4.78, 5) is 24.4. The zero-order chi connectivity index (χ0) is 17.4. The Morgan fingerprint density at radius 3 is 2.56 bits per heavy atom. The van der Waals surface area contributed by atoms with Crippen LogP contribution in [0.4, 0.5) is 5.69 Å². The number of carbonyl (C=O) groups is 2. The number of rotatable bonds is 4. The molecule has 0 saturated heterocycles. The summed E-state index contributed by atoms with van der Waals surface area (Å²) in [7, 11) is 1.37. The van der Waals surface area contributed by atoms with Crippen LogP contribution in [0, 0.1) is 0 Å². The second-order valence-corrected chi connectivity index (χ2v) is 6.62. The normalized spacial score (nSPS) is 16.5. The monoisotopic (exact) mass is 336 g/mol. The highest BCUT2D eigenvalue weighted by molar-refractivity contribution is 6.01. The average Bonchev–Trinajstić information content (AvgIpc) is 3.26. The Labute approximate surface area is 146 Å². The third-order valence-corrected chi connectivity index (χ3v) is 5.05. The molecule has 2 aromatic carbocycles. The van der Waals surface area contributed by atoms with E-state index in [1.54, 1.807) is 12.1 Å². The van der Waals surface area contributed by atoms with Gasteiger partial charge in [0.15, 0.2) is 0 Å². The molecule has 1 aliphatic carbocycles. The summed E-state index contributed by atoms with van der Waals surface area (Å²) >= 11 is 0. The molecule has 0 atom stereocenters. The minimum Gasteiger partial charge on any atom is -0.465 e. The third-order valence-electron chi connectivity index (χ3n) is 5.05. The molecule has 1 amide bonds. The molecule has 1 fully saturated rings. The average molecular weight is 336 g/mol. The van der Waals surface area contributed by atoms with Gasteiger partial charge >= 0.3 is 5.97 Å². The fourth-order valence-corrected chi connectivity index (χ4v) is 3.47.